The zero-order valence-electron chi connectivity index (χ0n) is 15.7. The Morgan fingerprint density at radius 2 is 1.70 bits per heavy atom. The third kappa shape index (κ3) is 3.60. The Balaban J connectivity index is 1.43. The SMILES string of the molecule is Cc1cccc(N2CCN(C(=O)c3csc(-c4ccccc4)n3)CC2)c1C. The first kappa shape index (κ1) is 17.7. The summed E-state index contributed by atoms with van der Waals surface area (Å²) in [6, 6.07) is 16.4. The maximum absolute atomic E-state index is 12.9. The van der Waals surface area contributed by atoms with Gasteiger partial charge >= 0.3 is 0 Å². The van der Waals surface area contributed by atoms with Gasteiger partial charge < -0.3 is 9.80 Å². The van der Waals surface area contributed by atoms with E-state index in [9.17, 15) is 4.79 Å². The molecule has 0 radical (unpaired) electrons. The van der Waals surface area contributed by atoms with E-state index in [4.69, 9.17) is 0 Å². The maximum atomic E-state index is 12.9. The maximum Gasteiger partial charge on any atom is 0.273 e. The average Bonchev–Trinajstić information content (AvgIpc) is 3.21. The van der Waals surface area contributed by atoms with Crippen LogP contribution in [0.1, 0.15) is 21.6 Å². The number of amides is 1. The van der Waals surface area contributed by atoms with E-state index >= 15 is 0 Å². The van der Waals surface area contributed by atoms with Crippen LogP contribution in [-0.4, -0.2) is 42.0 Å². The predicted molar refractivity (Wildman–Crippen MR) is 112 cm³/mol. The normalized spacial score (nSPS) is 14.4. The zero-order valence-corrected chi connectivity index (χ0v) is 16.5. The van der Waals surface area contributed by atoms with Crippen LogP contribution in [0, 0.1) is 13.8 Å². The molecule has 0 aliphatic carbocycles. The van der Waals surface area contributed by atoms with Gasteiger partial charge in [-0.1, -0.05) is 42.5 Å². The number of piperazine rings is 1. The molecule has 4 rings (SSSR count). The van der Waals surface area contributed by atoms with Crippen molar-refractivity contribution in [2.45, 2.75) is 13.8 Å². The summed E-state index contributed by atoms with van der Waals surface area (Å²) in [4.78, 5) is 21.7. The molecule has 4 nitrogen and oxygen atoms in total. The number of carbonyl (C=O) groups is 1. The predicted octanol–water partition coefficient (Wildman–Crippen LogP) is 4.39. The highest BCUT2D eigenvalue weighted by molar-refractivity contribution is 7.13. The molecule has 0 bridgehead atoms. The number of nitrogens with zero attached hydrogens (tertiary/aromatic N) is 3. The van der Waals surface area contributed by atoms with E-state index in [2.05, 4.69) is 41.9 Å². The summed E-state index contributed by atoms with van der Waals surface area (Å²) in [5, 5.41) is 2.77. The molecular formula is C22H23N3OS. The minimum absolute atomic E-state index is 0.0362. The highest BCUT2D eigenvalue weighted by Crippen LogP contribution is 2.26. The molecule has 1 aromatic heterocycles. The summed E-state index contributed by atoms with van der Waals surface area (Å²) in [5.74, 6) is 0.0362. The van der Waals surface area contributed by atoms with E-state index in [-0.39, 0.29) is 5.91 Å². The van der Waals surface area contributed by atoms with Crippen LogP contribution in [0.15, 0.2) is 53.9 Å². The lowest BCUT2D eigenvalue weighted by atomic mass is 10.1. The van der Waals surface area contributed by atoms with Crippen molar-refractivity contribution in [1.29, 1.82) is 0 Å². The molecule has 1 aliphatic heterocycles. The van der Waals surface area contributed by atoms with Crippen molar-refractivity contribution in [2.75, 3.05) is 31.1 Å². The highest BCUT2D eigenvalue weighted by Gasteiger charge is 2.24. The van der Waals surface area contributed by atoms with E-state index < -0.39 is 0 Å². The van der Waals surface area contributed by atoms with Crippen molar-refractivity contribution in [3.05, 3.63) is 70.7 Å². The summed E-state index contributed by atoms with van der Waals surface area (Å²) in [6.45, 7) is 7.47. The van der Waals surface area contributed by atoms with E-state index in [1.165, 1.54) is 28.2 Å². The molecule has 138 valence electrons. The largest absolute Gasteiger partial charge is 0.368 e. The van der Waals surface area contributed by atoms with E-state index in [1.54, 1.807) is 0 Å². The van der Waals surface area contributed by atoms with Crippen LogP contribution < -0.4 is 4.90 Å². The Morgan fingerprint density at radius 3 is 2.44 bits per heavy atom. The smallest absolute Gasteiger partial charge is 0.273 e. The van der Waals surface area contributed by atoms with Crippen LogP contribution in [0.4, 0.5) is 5.69 Å². The number of hydrogen-bond acceptors (Lipinski definition) is 4. The lowest BCUT2D eigenvalue weighted by Crippen LogP contribution is -2.49. The van der Waals surface area contributed by atoms with Gasteiger partial charge in [0.15, 0.2) is 0 Å². The Bertz CT molecular complexity index is 943. The first-order chi connectivity index (χ1) is 13.1. The lowest BCUT2D eigenvalue weighted by molar-refractivity contribution is 0.0742. The molecule has 1 fully saturated rings. The van der Waals surface area contributed by atoms with Gasteiger partial charge in [0.2, 0.25) is 0 Å². The summed E-state index contributed by atoms with van der Waals surface area (Å²) >= 11 is 1.53. The van der Waals surface area contributed by atoms with Crippen molar-refractivity contribution >= 4 is 22.9 Å². The quantitative estimate of drug-likeness (QED) is 0.679. The summed E-state index contributed by atoms with van der Waals surface area (Å²) in [6.07, 6.45) is 0. The molecule has 0 unspecified atom stereocenters. The fraction of sp³-hybridized carbons (Fsp3) is 0.273. The minimum Gasteiger partial charge on any atom is -0.368 e. The monoisotopic (exact) mass is 377 g/mol. The first-order valence-corrected chi connectivity index (χ1v) is 10.1. The molecule has 5 heteroatoms. The van der Waals surface area contributed by atoms with Crippen molar-refractivity contribution < 1.29 is 4.79 Å². The number of anilines is 1. The molecule has 0 spiro atoms. The molecule has 0 atom stereocenters. The Kier molecular flexibility index (Phi) is 4.94. The fourth-order valence-corrected chi connectivity index (χ4v) is 4.28. The third-order valence-corrected chi connectivity index (χ3v) is 6.12. The number of thiazole rings is 1. The van der Waals surface area contributed by atoms with Crippen LogP contribution in [-0.2, 0) is 0 Å². The van der Waals surface area contributed by atoms with Gasteiger partial charge in [0.05, 0.1) is 0 Å². The number of aryl methyl sites for hydroxylation is 1. The summed E-state index contributed by atoms with van der Waals surface area (Å²) < 4.78 is 0. The first-order valence-electron chi connectivity index (χ1n) is 9.25. The van der Waals surface area contributed by atoms with Gasteiger partial charge in [0, 0.05) is 42.8 Å². The van der Waals surface area contributed by atoms with Gasteiger partial charge in [0.1, 0.15) is 10.7 Å². The molecule has 2 aromatic carbocycles. The van der Waals surface area contributed by atoms with Crippen LogP contribution >= 0.6 is 11.3 Å². The summed E-state index contributed by atoms with van der Waals surface area (Å²) in [5.41, 5.74) is 5.52. The van der Waals surface area contributed by atoms with Crippen LogP contribution in [0.25, 0.3) is 10.6 Å². The molecule has 2 heterocycles. The topological polar surface area (TPSA) is 36.4 Å². The Morgan fingerprint density at radius 1 is 0.963 bits per heavy atom. The van der Waals surface area contributed by atoms with Gasteiger partial charge in [-0.3, -0.25) is 4.79 Å². The van der Waals surface area contributed by atoms with Crippen molar-refractivity contribution in [1.82, 2.24) is 9.88 Å². The Hall–Kier alpha value is -2.66. The van der Waals surface area contributed by atoms with Gasteiger partial charge in [0.25, 0.3) is 5.91 Å². The second kappa shape index (κ2) is 7.53. The summed E-state index contributed by atoms with van der Waals surface area (Å²) in [7, 11) is 0. The number of hydrogen-bond donors (Lipinski definition) is 0. The molecule has 1 amide bonds. The molecular weight excluding hydrogens is 354 g/mol. The van der Waals surface area contributed by atoms with E-state index in [0.717, 1.165) is 36.8 Å². The highest BCUT2D eigenvalue weighted by atomic mass is 32.1. The van der Waals surface area contributed by atoms with Crippen LogP contribution in [0.5, 0.6) is 0 Å². The molecule has 1 aliphatic rings. The van der Waals surface area contributed by atoms with Gasteiger partial charge in [-0.2, -0.15) is 0 Å². The van der Waals surface area contributed by atoms with E-state index in [1.807, 2.05) is 40.6 Å². The zero-order chi connectivity index (χ0) is 18.8. The number of benzene rings is 2. The third-order valence-electron chi connectivity index (χ3n) is 5.23. The van der Waals surface area contributed by atoms with Gasteiger partial charge in [-0.15, -0.1) is 11.3 Å². The second-order valence-corrected chi connectivity index (χ2v) is 7.76. The molecule has 0 saturated carbocycles. The minimum atomic E-state index is 0.0362. The average molecular weight is 378 g/mol. The standard InChI is InChI=1S/C22H23N3OS/c1-16-7-6-10-20(17(16)2)24-11-13-25(14-12-24)22(26)19-15-27-21(23-19)18-8-4-3-5-9-18/h3-10,15H,11-14H2,1-2H3. The number of aromatic nitrogens is 1. The van der Waals surface area contributed by atoms with Crippen LogP contribution in [0.2, 0.25) is 0 Å². The fourth-order valence-electron chi connectivity index (χ4n) is 3.48. The molecule has 3 aromatic rings. The van der Waals surface area contributed by atoms with Gasteiger partial charge in [-0.05, 0) is 31.0 Å². The molecule has 0 N–H and O–H groups in total. The Labute approximate surface area is 164 Å². The van der Waals surface area contributed by atoms with Crippen LogP contribution in [0.3, 0.4) is 0 Å². The van der Waals surface area contributed by atoms with Crippen molar-refractivity contribution in [2.24, 2.45) is 0 Å². The number of carbonyl (C=O) groups excluding carboxylic acids is 1. The molecule has 27 heavy (non-hydrogen) atoms. The van der Waals surface area contributed by atoms with Crippen molar-refractivity contribution in [3.63, 3.8) is 0 Å². The van der Waals surface area contributed by atoms with Gasteiger partial charge in [-0.25, -0.2) is 4.98 Å². The van der Waals surface area contributed by atoms with Crippen molar-refractivity contribution in [3.8, 4) is 10.6 Å². The lowest BCUT2D eigenvalue weighted by Gasteiger charge is -2.36. The van der Waals surface area contributed by atoms with E-state index in [0.29, 0.717) is 5.69 Å². The second-order valence-electron chi connectivity index (χ2n) is 6.90. The molecule has 1 saturated heterocycles. The number of rotatable bonds is 3.